The number of para-hydroxylation sites is 1. The van der Waals surface area contributed by atoms with Crippen molar-refractivity contribution in [2.45, 2.75) is 31.2 Å². The van der Waals surface area contributed by atoms with Crippen molar-refractivity contribution in [3.05, 3.63) is 29.8 Å². The van der Waals surface area contributed by atoms with Crippen molar-refractivity contribution in [2.24, 2.45) is 0 Å². The van der Waals surface area contributed by atoms with Crippen molar-refractivity contribution in [1.29, 1.82) is 0 Å². The van der Waals surface area contributed by atoms with Gasteiger partial charge in [-0.15, -0.1) is 0 Å². The van der Waals surface area contributed by atoms with Crippen molar-refractivity contribution < 1.29 is 9.90 Å². The molecule has 19 heavy (non-hydrogen) atoms. The summed E-state index contributed by atoms with van der Waals surface area (Å²) in [7, 11) is 0. The summed E-state index contributed by atoms with van der Waals surface area (Å²) in [5.41, 5.74) is 2.37. The lowest BCUT2D eigenvalue weighted by molar-refractivity contribution is -0.139. The topological polar surface area (TPSA) is 52.6 Å². The minimum absolute atomic E-state index is 0.217. The summed E-state index contributed by atoms with van der Waals surface area (Å²) in [4.78, 5) is 13.5. The standard InChI is InChI=1S/C15H20N2O2/c18-14(19)9-15(10-16-11-15)17-8-4-3-6-12-5-1-2-7-13(12)17/h1-2,5,7,16H,3-4,6,8-11H2,(H,18,19). The summed E-state index contributed by atoms with van der Waals surface area (Å²) < 4.78 is 0. The Morgan fingerprint density at radius 1 is 1.32 bits per heavy atom. The Hall–Kier alpha value is -1.55. The molecule has 0 atom stereocenters. The number of hydrogen-bond acceptors (Lipinski definition) is 3. The Labute approximate surface area is 113 Å². The fraction of sp³-hybridized carbons (Fsp3) is 0.533. The lowest BCUT2D eigenvalue weighted by Gasteiger charge is -2.51. The van der Waals surface area contributed by atoms with Crippen molar-refractivity contribution in [3.63, 3.8) is 0 Å². The summed E-state index contributed by atoms with van der Waals surface area (Å²) in [5, 5.41) is 12.5. The minimum atomic E-state index is -0.705. The molecule has 2 aliphatic heterocycles. The van der Waals surface area contributed by atoms with Crippen LogP contribution in [0, 0.1) is 0 Å². The van der Waals surface area contributed by atoms with Gasteiger partial charge in [0, 0.05) is 25.3 Å². The maximum Gasteiger partial charge on any atom is 0.305 e. The van der Waals surface area contributed by atoms with Gasteiger partial charge in [-0.1, -0.05) is 18.2 Å². The molecule has 0 aliphatic carbocycles. The number of carboxylic acids is 1. The number of anilines is 1. The average Bonchev–Trinajstić information content (AvgIpc) is 2.56. The Bertz CT molecular complexity index is 483. The van der Waals surface area contributed by atoms with Crippen LogP contribution in [-0.4, -0.2) is 36.2 Å². The van der Waals surface area contributed by atoms with Crippen molar-refractivity contribution in [3.8, 4) is 0 Å². The van der Waals surface area contributed by atoms with E-state index < -0.39 is 5.97 Å². The molecule has 1 saturated heterocycles. The third-order valence-corrected chi connectivity index (χ3v) is 4.32. The zero-order valence-corrected chi connectivity index (χ0v) is 11.1. The van der Waals surface area contributed by atoms with Gasteiger partial charge >= 0.3 is 5.97 Å². The highest BCUT2D eigenvalue weighted by Gasteiger charge is 2.45. The second kappa shape index (κ2) is 4.85. The van der Waals surface area contributed by atoms with Gasteiger partial charge in [0.25, 0.3) is 0 Å². The molecule has 0 amide bonds. The predicted octanol–water partition coefficient (Wildman–Crippen LogP) is 1.65. The van der Waals surface area contributed by atoms with Gasteiger partial charge in [-0.2, -0.15) is 0 Å². The van der Waals surface area contributed by atoms with Crippen LogP contribution >= 0.6 is 0 Å². The molecule has 0 saturated carbocycles. The van der Waals surface area contributed by atoms with Crippen molar-refractivity contribution in [2.75, 3.05) is 24.5 Å². The molecule has 1 aromatic carbocycles. The molecule has 1 fully saturated rings. The molecule has 2 N–H and O–H groups in total. The van der Waals surface area contributed by atoms with E-state index in [2.05, 4.69) is 34.5 Å². The molecular formula is C15H20N2O2. The number of aliphatic carboxylic acids is 1. The maximum atomic E-state index is 11.2. The number of benzene rings is 1. The highest BCUT2D eigenvalue weighted by atomic mass is 16.4. The zero-order valence-electron chi connectivity index (χ0n) is 11.1. The summed E-state index contributed by atoms with van der Waals surface area (Å²) in [5.74, 6) is -0.705. The highest BCUT2D eigenvalue weighted by molar-refractivity contribution is 5.71. The number of carbonyl (C=O) groups is 1. The van der Waals surface area contributed by atoms with Crippen LogP contribution in [0.5, 0.6) is 0 Å². The van der Waals surface area contributed by atoms with E-state index in [0.717, 1.165) is 32.5 Å². The zero-order chi connectivity index (χ0) is 13.3. The first-order valence-electron chi connectivity index (χ1n) is 6.99. The van der Waals surface area contributed by atoms with Gasteiger partial charge in [-0.3, -0.25) is 4.79 Å². The highest BCUT2D eigenvalue weighted by Crippen LogP contribution is 2.35. The molecule has 0 radical (unpaired) electrons. The van der Waals surface area contributed by atoms with Crippen LogP contribution < -0.4 is 10.2 Å². The van der Waals surface area contributed by atoms with E-state index >= 15 is 0 Å². The summed E-state index contributed by atoms with van der Waals surface area (Å²) in [6.45, 7) is 2.51. The predicted molar refractivity (Wildman–Crippen MR) is 74.6 cm³/mol. The molecule has 0 bridgehead atoms. The maximum absolute atomic E-state index is 11.2. The van der Waals surface area contributed by atoms with E-state index in [-0.39, 0.29) is 12.0 Å². The number of nitrogens with one attached hydrogen (secondary N) is 1. The fourth-order valence-corrected chi connectivity index (χ4v) is 3.29. The smallest absolute Gasteiger partial charge is 0.305 e. The second-order valence-corrected chi connectivity index (χ2v) is 5.64. The van der Waals surface area contributed by atoms with E-state index in [1.807, 2.05) is 0 Å². The quantitative estimate of drug-likeness (QED) is 0.867. The number of hydrogen-bond donors (Lipinski definition) is 2. The molecule has 0 unspecified atom stereocenters. The Balaban J connectivity index is 1.97. The summed E-state index contributed by atoms with van der Waals surface area (Å²) in [6.07, 6.45) is 3.64. The van der Waals surface area contributed by atoms with Gasteiger partial charge in [-0.05, 0) is 30.9 Å². The van der Waals surface area contributed by atoms with Crippen LogP contribution in [0.3, 0.4) is 0 Å². The van der Waals surface area contributed by atoms with Crippen LogP contribution in [0.15, 0.2) is 24.3 Å². The number of carboxylic acid groups (broad SMARTS) is 1. The number of fused-ring (bicyclic) bond motifs is 1. The van der Waals surface area contributed by atoms with E-state index in [1.165, 1.54) is 17.7 Å². The second-order valence-electron chi connectivity index (χ2n) is 5.64. The van der Waals surface area contributed by atoms with Gasteiger partial charge in [-0.25, -0.2) is 0 Å². The normalized spacial score (nSPS) is 21.2. The number of rotatable bonds is 3. The van der Waals surface area contributed by atoms with E-state index in [9.17, 15) is 9.90 Å². The fourth-order valence-electron chi connectivity index (χ4n) is 3.29. The first-order valence-corrected chi connectivity index (χ1v) is 6.99. The molecule has 102 valence electrons. The van der Waals surface area contributed by atoms with Crippen molar-refractivity contribution in [1.82, 2.24) is 5.32 Å². The van der Waals surface area contributed by atoms with E-state index in [4.69, 9.17) is 0 Å². The molecule has 4 nitrogen and oxygen atoms in total. The first-order chi connectivity index (χ1) is 9.21. The Morgan fingerprint density at radius 3 is 2.79 bits per heavy atom. The minimum Gasteiger partial charge on any atom is -0.481 e. The third-order valence-electron chi connectivity index (χ3n) is 4.32. The molecule has 2 aliphatic rings. The van der Waals surface area contributed by atoms with Crippen LogP contribution in [0.4, 0.5) is 5.69 Å². The van der Waals surface area contributed by atoms with E-state index in [1.54, 1.807) is 0 Å². The number of nitrogens with zero attached hydrogens (tertiary/aromatic N) is 1. The number of aryl methyl sites for hydroxylation is 1. The van der Waals surface area contributed by atoms with Crippen LogP contribution in [-0.2, 0) is 11.2 Å². The molecule has 3 rings (SSSR count). The summed E-state index contributed by atoms with van der Waals surface area (Å²) >= 11 is 0. The van der Waals surface area contributed by atoms with Gasteiger partial charge in [0.1, 0.15) is 0 Å². The molecule has 0 aromatic heterocycles. The van der Waals surface area contributed by atoms with Gasteiger partial charge in [0.05, 0.1) is 12.0 Å². The van der Waals surface area contributed by atoms with Gasteiger partial charge < -0.3 is 15.3 Å². The Kier molecular flexibility index (Phi) is 3.19. The molecule has 4 heteroatoms. The summed E-state index contributed by atoms with van der Waals surface area (Å²) in [6, 6.07) is 8.44. The largest absolute Gasteiger partial charge is 0.481 e. The monoisotopic (exact) mass is 260 g/mol. The average molecular weight is 260 g/mol. The Morgan fingerprint density at radius 2 is 2.11 bits per heavy atom. The van der Waals surface area contributed by atoms with Crippen molar-refractivity contribution >= 4 is 11.7 Å². The third kappa shape index (κ3) is 2.21. The lowest BCUT2D eigenvalue weighted by atomic mass is 9.85. The van der Waals surface area contributed by atoms with Crippen LogP contribution in [0.25, 0.3) is 0 Å². The molecular weight excluding hydrogens is 240 g/mol. The van der Waals surface area contributed by atoms with Gasteiger partial charge in [0.15, 0.2) is 0 Å². The molecule has 0 spiro atoms. The SMILES string of the molecule is O=C(O)CC1(N2CCCCc3ccccc32)CNC1. The molecule has 1 aromatic rings. The van der Waals surface area contributed by atoms with Gasteiger partial charge in [0.2, 0.25) is 0 Å². The lowest BCUT2D eigenvalue weighted by Crippen LogP contribution is -2.70. The van der Waals surface area contributed by atoms with Crippen LogP contribution in [0.2, 0.25) is 0 Å². The van der Waals surface area contributed by atoms with E-state index in [0.29, 0.717) is 0 Å². The molecule has 2 heterocycles. The first kappa shape index (κ1) is 12.5. The van der Waals surface area contributed by atoms with Crippen LogP contribution in [0.1, 0.15) is 24.8 Å².